The van der Waals surface area contributed by atoms with E-state index in [0.717, 1.165) is 9.99 Å². The molecule has 2 nitrogen and oxygen atoms in total. The van der Waals surface area contributed by atoms with Crippen molar-refractivity contribution >= 4 is 38.4 Å². The number of para-hydroxylation sites is 1. The van der Waals surface area contributed by atoms with Crippen molar-refractivity contribution < 1.29 is 0 Å². The van der Waals surface area contributed by atoms with Gasteiger partial charge in [-0.1, -0.05) is 17.7 Å². The van der Waals surface area contributed by atoms with Crippen molar-refractivity contribution in [3.8, 4) is 0 Å². The molecule has 0 aliphatic rings. The van der Waals surface area contributed by atoms with E-state index in [0.29, 0.717) is 10.5 Å². The van der Waals surface area contributed by atoms with Gasteiger partial charge in [0.25, 0.3) is 0 Å². The number of pyridine rings is 1. The van der Waals surface area contributed by atoms with Crippen LogP contribution >= 0.6 is 27.5 Å². The maximum atomic E-state index is 11.4. The van der Waals surface area contributed by atoms with E-state index in [1.165, 1.54) is 6.07 Å². The largest absolute Gasteiger partial charge is 0.344 e. The number of rotatable bonds is 0. The van der Waals surface area contributed by atoms with E-state index in [1.54, 1.807) is 6.07 Å². The Labute approximate surface area is 87.7 Å². The average molecular weight is 259 g/mol. The zero-order valence-corrected chi connectivity index (χ0v) is 8.82. The van der Waals surface area contributed by atoms with Gasteiger partial charge < -0.3 is 4.98 Å². The van der Waals surface area contributed by atoms with Gasteiger partial charge in [0, 0.05) is 15.9 Å². The number of halogens is 2. The van der Waals surface area contributed by atoms with Crippen LogP contribution in [0.25, 0.3) is 10.9 Å². The number of nitrogens with one attached hydrogen (secondary N) is 1. The summed E-state index contributed by atoms with van der Waals surface area (Å²) in [4.78, 5) is 14.3. The summed E-state index contributed by atoms with van der Waals surface area (Å²) in [6.45, 7) is 0. The van der Waals surface area contributed by atoms with Crippen molar-refractivity contribution in [2.45, 2.75) is 0 Å². The molecule has 0 unspecified atom stereocenters. The number of H-pyrrole nitrogens is 1. The van der Waals surface area contributed by atoms with Crippen LogP contribution in [0, 0.1) is 0 Å². The highest BCUT2D eigenvalue weighted by molar-refractivity contribution is 9.10. The van der Waals surface area contributed by atoms with E-state index in [-0.39, 0.29) is 5.43 Å². The minimum absolute atomic E-state index is 0.0694. The molecule has 0 amide bonds. The van der Waals surface area contributed by atoms with Crippen LogP contribution in [0.2, 0.25) is 5.15 Å². The molecule has 13 heavy (non-hydrogen) atoms. The lowest BCUT2D eigenvalue weighted by molar-refractivity contribution is 1.38. The molecule has 1 heterocycles. The number of aromatic amines is 1. The lowest BCUT2D eigenvalue weighted by Gasteiger charge is -1.99. The molecule has 0 aliphatic carbocycles. The van der Waals surface area contributed by atoms with Gasteiger partial charge in [-0.2, -0.15) is 0 Å². The van der Waals surface area contributed by atoms with Crippen LogP contribution < -0.4 is 5.43 Å². The quantitative estimate of drug-likeness (QED) is 0.724. The maximum Gasteiger partial charge on any atom is 0.190 e. The normalized spacial score (nSPS) is 10.6. The van der Waals surface area contributed by atoms with E-state index < -0.39 is 0 Å². The zero-order valence-electron chi connectivity index (χ0n) is 6.47. The van der Waals surface area contributed by atoms with E-state index in [9.17, 15) is 4.79 Å². The second-order valence-electron chi connectivity index (χ2n) is 2.64. The smallest absolute Gasteiger partial charge is 0.190 e. The second-order valence-corrected chi connectivity index (χ2v) is 3.91. The van der Waals surface area contributed by atoms with Crippen LogP contribution in [-0.4, -0.2) is 4.98 Å². The SMILES string of the molecule is O=c1cc(Cl)[nH]c2c(Br)cccc12. The highest BCUT2D eigenvalue weighted by Gasteiger charge is 2.02. The van der Waals surface area contributed by atoms with E-state index in [1.807, 2.05) is 12.1 Å². The summed E-state index contributed by atoms with van der Waals surface area (Å²) < 4.78 is 0.838. The minimum Gasteiger partial charge on any atom is -0.344 e. The number of hydrogen-bond donors (Lipinski definition) is 1. The summed E-state index contributed by atoms with van der Waals surface area (Å²) in [7, 11) is 0. The van der Waals surface area contributed by atoms with E-state index >= 15 is 0 Å². The van der Waals surface area contributed by atoms with Crippen molar-refractivity contribution in [1.29, 1.82) is 0 Å². The molecule has 2 rings (SSSR count). The third-order valence-electron chi connectivity index (χ3n) is 1.78. The zero-order chi connectivity index (χ0) is 9.42. The Bertz CT molecular complexity index is 520. The standard InChI is InChI=1S/C9H5BrClNO/c10-6-3-1-2-5-7(13)4-8(11)12-9(5)6/h1-4H,(H,12,13). The first-order valence-electron chi connectivity index (χ1n) is 3.65. The number of hydrogen-bond acceptors (Lipinski definition) is 1. The fourth-order valence-corrected chi connectivity index (χ4v) is 1.86. The molecule has 0 atom stereocenters. The topological polar surface area (TPSA) is 32.9 Å². The Morgan fingerprint density at radius 3 is 2.92 bits per heavy atom. The van der Waals surface area contributed by atoms with Gasteiger partial charge in [-0.3, -0.25) is 4.79 Å². The fraction of sp³-hybridized carbons (Fsp3) is 0. The van der Waals surface area contributed by atoms with Crippen LogP contribution in [0.4, 0.5) is 0 Å². The Morgan fingerprint density at radius 2 is 2.15 bits per heavy atom. The second kappa shape index (κ2) is 3.16. The monoisotopic (exact) mass is 257 g/mol. The molecule has 2 aromatic rings. The first-order valence-corrected chi connectivity index (χ1v) is 4.82. The summed E-state index contributed by atoms with van der Waals surface area (Å²) in [5.41, 5.74) is 0.667. The lowest BCUT2D eigenvalue weighted by atomic mass is 10.2. The molecule has 1 aromatic heterocycles. The third-order valence-corrected chi connectivity index (χ3v) is 2.65. The summed E-state index contributed by atoms with van der Waals surface area (Å²) >= 11 is 9.06. The van der Waals surface area contributed by atoms with Gasteiger partial charge in [0.15, 0.2) is 5.43 Å². The fourth-order valence-electron chi connectivity index (χ4n) is 1.20. The van der Waals surface area contributed by atoms with Gasteiger partial charge in [-0.05, 0) is 28.1 Å². The van der Waals surface area contributed by atoms with Gasteiger partial charge in [0.05, 0.1) is 5.52 Å². The lowest BCUT2D eigenvalue weighted by Crippen LogP contribution is -2.01. The average Bonchev–Trinajstić information content (AvgIpc) is 2.07. The van der Waals surface area contributed by atoms with Gasteiger partial charge in [-0.25, -0.2) is 0 Å². The highest BCUT2D eigenvalue weighted by atomic mass is 79.9. The summed E-state index contributed by atoms with van der Waals surface area (Å²) in [6.07, 6.45) is 0. The Kier molecular flexibility index (Phi) is 2.14. The van der Waals surface area contributed by atoms with Crippen molar-refractivity contribution in [2.75, 3.05) is 0 Å². The third kappa shape index (κ3) is 1.49. The van der Waals surface area contributed by atoms with Gasteiger partial charge in [0.2, 0.25) is 0 Å². The van der Waals surface area contributed by atoms with Crippen LogP contribution in [-0.2, 0) is 0 Å². The number of aromatic nitrogens is 1. The van der Waals surface area contributed by atoms with Crippen LogP contribution in [0.1, 0.15) is 0 Å². The molecule has 1 aromatic carbocycles. The first kappa shape index (κ1) is 8.78. The molecule has 0 saturated carbocycles. The first-order chi connectivity index (χ1) is 6.18. The van der Waals surface area contributed by atoms with Crippen LogP contribution in [0.5, 0.6) is 0 Å². The summed E-state index contributed by atoms with van der Waals surface area (Å²) in [5.74, 6) is 0. The highest BCUT2D eigenvalue weighted by Crippen LogP contribution is 2.20. The molecule has 0 radical (unpaired) electrons. The minimum atomic E-state index is -0.0694. The van der Waals surface area contributed by atoms with Crippen molar-refractivity contribution in [1.82, 2.24) is 4.98 Å². The van der Waals surface area contributed by atoms with Crippen LogP contribution in [0.15, 0.2) is 33.5 Å². The van der Waals surface area contributed by atoms with E-state index in [4.69, 9.17) is 11.6 Å². The van der Waals surface area contributed by atoms with Gasteiger partial charge in [0.1, 0.15) is 5.15 Å². The molecule has 0 spiro atoms. The molecule has 0 aliphatic heterocycles. The summed E-state index contributed by atoms with van der Waals surface area (Å²) in [5, 5.41) is 0.989. The van der Waals surface area contributed by atoms with Gasteiger partial charge >= 0.3 is 0 Å². The predicted octanol–water partition coefficient (Wildman–Crippen LogP) is 2.94. The van der Waals surface area contributed by atoms with Crippen molar-refractivity contribution in [3.63, 3.8) is 0 Å². The molecule has 0 saturated heterocycles. The molecular weight excluding hydrogens is 253 g/mol. The van der Waals surface area contributed by atoms with Crippen LogP contribution in [0.3, 0.4) is 0 Å². The Balaban J connectivity index is 3.03. The predicted molar refractivity (Wildman–Crippen MR) is 57.3 cm³/mol. The number of fused-ring (bicyclic) bond motifs is 1. The Morgan fingerprint density at radius 1 is 1.38 bits per heavy atom. The summed E-state index contributed by atoms with van der Waals surface area (Å²) in [6, 6.07) is 6.80. The van der Waals surface area contributed by atoms with Crippen molar-refractivity contribution in [3.05, 3.63) is 44.1 Å². The molecule has 1 N–H and O–H groups in total. The Hall–Kier alpha value is -0.800. The molecule has 4 heteroatoms. The van der Waals surface area contributed by atoms with E-state index in [2.05, 4.69) is 20.9 Å². The molecular formula is C9H5BrClNO. The van der Waals surface area contributed by atoms with Gasteiger partial charge in [-0.15, -0.1) is 0 Å². The number of benzene rings is 1. The van der Waals surface area contributed by atoms with Crippen molar-refractivity contribution in [2.24, 2.45) is 0 Å². The molecule has 0 fully saturated rings. The molecule has 66 valence electrons. The molecule has 0 bridgehead atoms. The maximum absolute atomic E-state index is 11.4.